The van der Waals surface area contributed by atoms with Gasteiger partial charge >= 0.3 is 0 Å². The van der Waals surface area contributed by atoms with Crippen LogP contribution in [0.15, 0.2) is 42.7 Å². The van der Waals surface area contributed by atoms with E-state index < -0.39 is 5.82 Å². The summed E-state index contributed by atoms with van der Waals surface area (Å²) in [5.41, 5.74) is 7.61. The van der Waals surface area contributed by atoms with Gasteiger partial charge in [0, 0.05) is 25.0 Å². The van der Waals surface area contributed by atoms with E-state index >= 15 is 0 Å². The summed E-state index contributed by atoms with van der Waals surface area (Å²) in [4.78, 5) is 17.9. The van der Waals surface area contributed by atoms with Crippen molar-refractivity contribution in [3.8, 4) is 0 Å². The topological polar surface area (TPSA) is 59.2 Å². The standard InChI is InChI=1S/C16H18FN3O/c1-2-6-20(11-12-4-3-5-15(18)7-12)16(21)13-8-14(17)10-19-9-13/h3-5,7-10H,2,6,11,18H2,1H3. The zero-order valence-electron chi connectivity index (χ0n) is 11.9. The molecule has 1 aromatic heterocycles. The van der Waals surface area contributed by atoms with Gasteiger partial charge in [-0.25, -0.2) is 4.39 Å². The summed E-state index contributed by atoms with van der Waals surface area (Å²) >= 11 is 0. The maximum absolute atomic E-state index is 13.2. The summed E-state index contributed by atoms with van der Waals surface area (Å²) in [6.07, 6.45) is 3.28. The molecule has 21 heavy (non-hydrogen) atoms. The quantitative estimate of drug-likeness (QED) is 0.860. The lowest BCUT2D eigenvalue weighted by Gasteiger charge is -2.22. The second kappa shape index (κ2) is 6.83. The van der Waals surface area contributed by atoms with E-state index in [1.807, 2.05) is 25.1 Å². The van der Waals surface area contributed by atoms with Gasteiger partial charge in [0.15, 0.2) is 0 Å². The number of carbonyl (C=O) groups is 1. The fraction of sp³-hybridized carbons (Fsp3) is 0.250. The molecule has 5 heteroatoms. The molecule has 4 nitrogen and oxygen atoms in total. The Bertz CT molecular complexity index is 630. The summed E-state index contributed by atoms with van der Waals surface area (Å²) in [5, 5.41) is 0. The van der Waals surface area contributed by atoms with Crippen molar-refractivity contribution in [3.05, 3.63) is 59.7 Å². The van der Waals surface area contributed by atoms with Crippen molar-refractivity contribution in [3.63, 3.8) is 0 Å². The summed E-state index contributed by atoms with van der Waals surface area (Å²) in [6, 6.07) is 8.60. The van der Waals surface area contributed by atoms with Gasteiger partial charge in [-0.05, 0) is 30.2 Å². The van der Waals surface area contributed by atoms with Crippen LogP contribution in [0.2, 0.25) is 0 Å². The highest BCUT2D eigenvalue weighted by atomic mass is 19.1. The number of nitrogens with two attached hydrogens (primary N) is 1. The van der Waals surface area contributed by atoms with Crippen LogP contribution < -0.4 is 5.73 Å². The first-order valence-electron chi connectivity index (χ1n) is 6.84. The maximum Gasteiger partial charge on any atom is 0.255 e. The number of halogens is 1. The number of benzene rings is 1. The van der Waals surface area contributed by atoms with Crippen LogP contribution in [-0.2, 0) is 6.54 Å². The number of nitrogen functional groups attached to an aromatic ring is 1. The highest BCUT2D eigenvalue weighted by Crippen LogP contribution is 2.13. The Morgan fingerprint density at radius 3 is 2.81 bits per heavy atom. The SMILES string of the molecule is CCCN(Cc1cccc(N)c1)C(=O)c1cncc(F)c1. The van der Waals surface area contributed by atoms with Crippen molar-refractivity contribution >= 4 is 11.6 Å². The number of carbonyl (C=O) groups excluding carboxylic acids is 1. The van der Waals surface area contributed by atoms with E-state index in [4.69, 9.17) is 5.73 Å². The van der Waals surface area contributed by atoms with Crippen molar-refractivity contribution in [2.24, 2.45) is 0 Å². The van der Waals surface area contributed by atoms with Gasteiger partial charge in [-0.15, -0.1) is 0 Å². The molecule has 1 heterocycles. The molecule has 0 bridgehead atoms. The number of hydrogen-bond acceptors (Lipinski definition) is 3. The zero-order chi connectivity index (χ0) is 15.2. The van der Waals surface area contributed by atoms with E-state index in [2.05, 4.69) is 4.98 Å². The van der Waals surface area contributed by atoms with Gasteiger partial charge in [-0.1, -0.05) is 19.1 Å². The zero-order valence-corrected chi connectivity index (χ0v) is 11.9. The second-order valence-corrected chi connectivity index (χ2v) is 4.86. The van der Waals surface area contributed by atoms with Crippen LogP contribution in [0.3, 0.4) is 0 Å². The predicted octanol–water partition coefficient (Wildman–Crippen LogP) is 2.86. The van der Waals surface area contributed by atoms with Crippen LogP contribution in [0.4, 0.5) is 10.1 Å². The van der Waals surface area contributed by atoms with E-state index in [9.17, 15) is 9.18 Å². The third-order valence-corrected chi connectivity index (χ3v) is 3.06. The van der Waals surface area contributed by atoms with E-state index in [1.165, 1.54) is 12.3 Å². The maximum atomic E-state index is 13.2. The monoisotopic (exact) mass is 287 g/mol. The van der Waals surface area contributed by atoms with Crippen LogP contribution in [0.1, 0.15) is 29.3 Å². The third-order valence-electron chi connectivity index (χ3n) is 3.06. The Labute approximate surface area is 123 Å². The van der Waals surface area contributed by atoms with E-state index in [-0.39, 0.29) is 11.5 Å². The first-order valence-corrected chi connectivity index (χ1v) is 6.84. The van der Waals surface area contributed by atoms with Gasteiger partial charge in [-0.3, -0.25) is 9.78 Å². The number of aromatic nitrogens is 1. The van der Waals surface area contributed by atoms with Crippen LogP contribution in [0.25, 0.3) is 0 Å². The van der Waals surface area contributed by atoms with E-state index in [1.54, 1.807) is 11.0 Å². The van der Waals surface area contributed by atoms with Gasteiger partial charge in [0.2, 0.25) is 0 Å². The predicted molar refractivity (Wildman–Crippen MR) is 80.1 cm³/mol. The third kappa shape index (κ3) is 4.02. The Kier molecular flexibility index (Phi) is 4.87. The number of anilines is 1. The summed E-state index contributed by atoms with van der Waals surface area (Å²) in [6.45, 7) is 3.02. The molecule has 2 N–H and O–H groups in total. The lowest BCUT2D eigenvalue weighted by Crippen LogP contribution is -2.31. The first-order chi connectivity index (χ1) is 10.1. The average Bonchev–Trinajstić information content (AvgIpc) is 2.46. The fourth-order valence-corrected chi connectivity index (χ4v) is 2.15. The smallest absolute Gasteiger partial charge is 0.255 e. The van der Waals surface area contributed by atoms with Gasteiger partial charge in [-0.2, -0.15) is 0 Å². The van der Waals surface area contributed by atoms with Gasteiger partial charge in [0.1, 0.15) is 5.82 Å². The molecule has 0 atom stereocenters. The second-order valence-electron chi connectivity index (χ2n) is 4.86. The molecule has 110 valence electrons. The summed E-state index contributed by atoms with van der Waals surface area (Å²) in [5.74, 6) is -0.743. The molecule has 2 rings (SSSR count). The molecule has 1 amide bonds. The molecule has 0 radical (unpaired) electrons. The molecule has 2 aromatic rings. The molecular weight excluding hydrogens is 269 g/mol. The molecule has 0 saturated heterocycles. The molecule has 0 aliphatic carbocycles. The van der Waals surface area contributed by atoms with Gasteiger partial charge in [0.05, 0.1) is 11.8 Å². The molecule has 0 aliphatic heterocycles. The first kappa shape index (κ1) is 15.0. The molecular formula is C16H18FN3O. The molecule has 0 aliphatic rings. The van der Waals surface area contributed by atoms with Crippen LogP contribution >= 0.6 is 0 Å². The average molecular weight is 287 g/mol. The highest BCUT2D eigenvalue weighted by molar-refractivity contribution is 5.93. The Hall–Kier alpha value is -2.43. The molecule has 1 aromatic carbocycles. The van der Waals surface area contributed by atoms with E-state index in [0.29, 0.717) is 18.8 Å². The normalized spacial score (nSPS) is 10.4. The number of amides is 1. The van der Waals surface area contributed by atoms with Crippen molar-refractivity contribution < 1.29 is 9.18 Å². The largest absolute Gasteiger partial charge is 0.399 e. The lowest BCUT2D eigenvalue weighted by atomic mass is 10.1. The van der Waals surface area contributed by atoms with Crippen molar-refractivity contribution in [1.29, 1.82) is 0 Å². The van der Waals surface area contributed by atoms with Crippen molar-refractivity contribution in [1.82, 2.24) is 9.88 Å². The van der Waals surface area contributed by atoms with Gasteiger partial charge < -0.3 is 10.6 Å². The Morgan fingerprint density at radius 1 is 1.33 bits per heavy atom. The van der Waals surface area contributed by atoms with Crippen molar-refractivity contribution in [2.45, 2.75) is 19.9 Å². The minimum absolute atomic E-state index is 0.230. The van der Waals surface area contributed by atoms with Gasteiger partial charge in [0.25, 0.3) is 5.91 Å². The lowest BCUT2D eigenvalue weighted by molar-refractivity contribution is 0.0742. The van der Waals surface area contributed by atoms with Crippen molar-refractivity contribution in [2.75, 3.05) is 12.3 Å². The molecule has 0 unspecified atom stereocenters. The van der Waals surface area contributed by atoms with Crippen LogP contribution in [0.5, 0.6) is 0 Å². The Balaban J connectivity index is 2.20. The van der Waals surface area contributed by atoms with Crippen LogP contribution in [0, 0.1) is 5.82 Å². The number of hydrogen-bond donors (Lipinski definition) is 1. The molecule has 0 fully saturated rings. The Morgan fingerprint density at radius 2 is 2.14 bits per heavy atom. The number of rotatable bonds is 5. The number of pyridine rings is 1. The fourth-order valence-electron chi connectivity index (χ4n) is 2.15. The van der Waals surface area contributed by atoms with Crippen LogP contribution in [-0.4, -0.2) is 22.3 Å². The highest BCUT2D eigenvalue weighted by Gasteiger charge is 2.16. The van der Waals surface area contributed by atoms with E-state index in [0.717, 1.165) is 18.2 Å². The summed E-state index contributed by atoms with van der Waals surface area (Å²) in [7, 11) is 0. The molecule has 0 spiro atoms. The minimum atomic E-state index is -0.513. The number of nitrogens with zero attached hydrogens (tertiary/aromatic N) is 2. The molecule has 0 saturated carbocycles. The minimum Gasteiger partial charge on any atom is -0.399 e. The summed E-state index contributed by atoms with van der Waals surface area (Å²) < 4.78 is 13.2.